The van der Waals surface area contributed by atoms with Gasteiger partial charge in [-0.2, -0.15) is 0 Å². The lowest BCUT2D eigenvalue weighted by molar-refractivity contribution is 0.232. The summed E-state index contributed by atoms with van der Waals surface area (Å²) in [6, 6.07) is 7.39. The summed E-state index contributed by atoms with van der Waals surface area (Å²) < 4.78 is 59.0. The molecular weight excluding hydrogens is 470 g/mol. The van der Waals surface area contributed by atoms with E-state index in [0.29, 0.717) is 17.3 Å². The van der Waals surface area contributed by atoms with Crippen LogP contribution in [0.5, 0.6) is 5.88 Å². The molecule has 0 unspecified atom stereocenters. The summed E-state index contributed by atoms with van der Waals surface area (Å²) in [4.78, 5) is 4.26. The molecule has 34 heavy (non-hydrogen) atoms. The highest BCUT2D eigenvalue weighted by Crippen LogP contribution is 2.27. The highest BCUT2D eigenvalue weighted by atomic mass is 32.2. The van der Waals surface area contributed by atoms with Gasteiger partial charge in [0.2, 0.25) is 15.9 Å². The molecule has 3 aromatic rings. The zero-order chi connectivity index (χ0) is 24.9. The molecule has 13 heteroatoms. The van der Waals surface area contributed by atoms with E-state index >= 15 is 0 Å². The largest absolute Gasteiger partial charge is 0.474 e. The van der Waals surface area contributed by atoms with E-state index in [1.165, 1.54) is 30.3 Å². The molecular formula is C21H26F2N6O4S. The van der Waals surface area contributed by atoms with E-state index in [0.717, 1.165) is 12.3 Å². The topological polar surface area (TPSA) is 141 Å². The number of aromatic amines is 1. The van der Waals surface area contributed by atoms with Gasteiger partial charge in [0.15, 0.2) is 11.6 Å². The average Bonchev–Trinajstić information content (AvgIpc) is 3.19. The fourth-order valence-corrected chi connectivity index (χ4v) is 3.39. The predicted octanol–water partition coefficient (Wildman–Crippen LogP) is 2.81. The van der Waals surface area contributed by atoms with Crippen molar-refractivity contribution in [3.05, 3.63) is 59.2 Å². The molecule has 184 valence electrons. The number of rotatable bonds is 11. The standard InChI is InChI=1S/C21H26F2N6O4S/c1-12(2)33-19-9-18(28-29-19)26-21-16(23)8-14(10-24-34(3,31)32)20(27-21)25-17(11-30)13-4-6-15(22)7-5-13/h4-9,12,17,24,30H,10-11H2,1-3H3,(H3,25,26,27,28,29)/t17-/m0/s1. The van der Waals surface area contributed by atoms with E-state index < -0.39 is 27.7 Å². The summed E-state index contributed by atoms with van der Waals surface area (Å²) in [5.74, 6) is -0.638. The van der Waals surface area contributed by atoms with Crippen LogP contribution in [0.25, 0.3) is 0 Å². The summed E-state index contributed by atoms with van der Waals surface area (Å²) in [5, 5.41) is 22.3. The summed E-state index contributed by atoms with van der Waals surface area (Å²) in [5.41, 5.74) is 0.748. The SMILES string of the molecule is CC(C)Oc1cc(Nc2nc(N[C@@H](CO)c3ccc(F)cc3)c(CNS(C)(=O)=O)cc2F)[nH]n1. The van der Waals surface area contributed by atoms with Gasteiger partial charge in [-0.1, -0.05) is 12.1 Å². The number of nitrogens with one attached hydrogen (secondary N) is 4. The van der Waals surface area contributed by atoms with E-state index in [-0.39, 0.29) is 36.5 Å². The minimum atomic E-state index is -3.57. The molecule has 3 rings (SSSR count). The highest BCUT2D eigenvalue weighted by molar-refractivity contribution is 7.88. The summed E-state index contributed by atoms with van der Waals surface area (Å²) in [7, 11) is -3.57. The molecule has 2 heterocycles. The van der Waals surface area contributed by atoms with Crippen LogP contribution in [0.2, 0.25) is 0 Å². The molecule has 0 saturated heterocycles. The molecule has 0 bridgehead atoms. The molecule has 0 aliphatic carbocycles. The van der Waals surface area contributed by atoms with E-state index in [2.05, 4.69) is 30.5 Å². The zero-order valence-corrected chi connectivity index (χ0v) is 19.6. The lowest BCUT2D eigenvalue weighted by Gasteiger charge is -2.21. The van der Waals surface area contributed by atoms with Gasteiger partial charge >= 0.3 is 0 Å². The number of sulfonamides is 1. The van der Waals surface area contributed by atoms with Crippen molar-refractivity contribution >= 4 is 27.5 Å². The molecule has 5 N–H and O–H groups in total. The van der Waals surface area contributed by atoms with Crippen molar-refractivity contribution in [1.29, 1.82) is 0 Å². The van der Waals surface area contributed by atoms with Gasteiger partial charge < -0.3 is 20.5 Å². The van der Waals surface area contributed by atoms with Gasteiger partial charge in [0, 0.05) is 18.2 Å². The molecule has 1 aromatic carbocycles. The van der Waals surface area contributed by atoms with Gasteiger partial charge in [-0.25, -0.2) is 26.9 Å². The molecule has 0 fully saturated rings. The van der Waals surface area contributed by atoms with Crippen LogP contribution in [0.4, 0.5) is 26.2 Å². The van der Waals surface area contributed by atoms with Crippen molar-refractivity contribution in [1.82, 2.24) is 19.9 Å². The predicted molar refractivity (Wildman–Crippen MR) is 123 cm³/mol. The molecule has 2 aromatic heterocycles. The number of hydrogen-bond acceptors (Lipinski definition) is 8. The van der Waals surface area contributed by atoms with E-state index in [9.17, 15) is 22.3 Å². The molecule has 1 atom stereocenters. The Labute approximate surface area is 195 Å². The Morgan fingerprint density at radius 3 is 2.47 bits per heavy atom. The third-order valence-corrected chi connectivity index (χ3v) is 5.18. The Morgan fingerprint density at radius 1 is 1.15 bits per heavy atom. The van der Waals surface area contributed by atoms with Crippen LogP contribution in [0.15, 0.2) is 36.4 Å². The third kappa shape index (κ3) is 7.10. The maximum absolute atomic E-state index is 14.9. The van der Waals surface area contributed by atoms with Gasteiger partial charge in [0.25, 0.3) is 0 Å². The van der Waals surface area contributed by atoms with Gasteiger partial charge in [0.1, 0.15) is 17.5 Å². The lowest BCUT2D eigenvalue weighted by atomic mass is 10.1. The van der Waals surface area contributed by atoms with E-state index in [4.69, 9.17) is 4.74 Å². The number of hydrogen-bond donors (Lipinski definition) is 5. The Hall–Kier alpha value is -3.29. The van der Waals surface area contributed by atoms with Crippen molar-refractivity contribution in [3.63, 3.8) is 0 Å². The fraction of sp³-hybridized carbons (Fsp3) is 0.333. The van der Waals surface area contributed by atoms with Crippen LogP contribution in [0, 0.1) is 11.6 Å². The van der Waals surface area contributed by atoms with Gasteiger partial charge in [-0.05, 0) is 37.6 Å². The monoisotopic (exact) mass is 496 g/mol. The third-order valence-electron chi connectivity index (χ3n) is 4.51. The second-order valence-corrected chi connectivity index (χ2v) is 9.60. The molecule has 0 radical (unpaired) electrons. The Morgan fingerprint density at radius 2 is 1.85 bits per heavy atom. The first kappa shape index (κ1) is 25.3. The van der Waals surface area contributed by atoms with Crippen molar-refractivity contribution in [3.8, 4) is 5.88 Å². The maximum atomic E-state index is 14.9. The number of nitrogens with zero attached hydrogens (tertiary/aromatic N) is 2. The maximum Gasteiger partial charge on any atom is 0.234 e. The first-order valence-corrected chi connectivity index (χ1v) is 12.2. The molecule has 0 spiro atoms. The average molecular weight is 497 g/mol. The Bertz CT molecular complexity index is 1220. The van der Waals surface area contributed by atoms with Crippen LogP contribution < -0.4 is 20.1 Å². The fourth-order valence-electron chi connectivity index (χ4n) is 2.97. The molecule has 0 saturated carbocycles. The van der Waals surface area contributed by atoms with Crippen LogP contribution in [0.3, 0.4) is 0 Å². The number of halogens is 2. The number of aromatic nitrogens is 3. The smallest absolute Gasteiger partial charge is 0.234 e. The number of anilines is 3. The minimum absolute atomic E-state index is 0.106. The Kier molecular flexibility index (Phi) is 8.02. The van der Waals surface area contributed by atoms with Gasteiger partial charge in [-0.3, -0.25) is 5.10 Å². The van der Waals surface area contributed by atoms with Crippen LogP contribution in [-0.2, 0) is 16.6 Å². The second-order valence-electron chi connectivity index (χ2n) is 7.76. The van der Waals surface area contributed by atoms with Crippen LogP contribution in [0.1, 0.15) is 31.0 Å². The van der Waals surface area contributed by atoms with Gasteiger partial charge in [-0.15, -0.1) is 5.10 Å². The summed E-state index contributed by atoms with van der Waals surface area (Å²) >= 11 is 0. The lowest BCUT2D eigenvalue weighted by Crippen LogP contribution is -2.24. The molecule has 0 aliphatic heterocycles. The van der Waals surface area contributed by atoms with Gasteiger partial charge in [0.05, 0.1) is 25.0 Å². The van der Waals surface area contributed by atoms with Crippen LogP contribution in [-0.4, -0.2) is 47.7 Å². The highest BCUT2D eigenvalue weighted by Gasteiger charge is 2.19. The molecule has 0 amide bonds. The van der Waals surface area contributed by atoms with E-state index in [1.807, 2.05) is 13.8 Å². The van der Waals surface area contributed by atoms with Crippen molar-refractivity contribution in [2.24, 2.45) is 0 Å². The summed E-state index contributed by atoms with van der Waals surface area (Å²) in [6.45, 7) is 3.04. The first-order chi connectivity index (χ1) is 16.0. The molecule has 0 aliphatic rings. The zero-order valence-electron chi connectivity index (χ0n) is 18.8. The minimum Gasteiger partial charge on any atom is -0.474 e. The van der Waals surface area contributed by atoms with Crippen LogP contribution >= 0.6 is 0 Å². The van der Waals surface area contributed by atoms with E-state index in [1.54, 1.807) is 0 Å². The molecule has 10 nitrogen and oxygen atoms in total. The second kappa shape index (κ2) is 10.8. The number of aliphatic hydroxyl groups is 1. The number of ether oxygens (including phenoxy) is 1. The van der Waals surface area contributed by atoms with Crippen molar-refractivity contribution < 1.29 is 27.0 Å². The Balaban J connectivity index is 1.92. The number of H-pyrrole nitrogens is 1. The number of benzene rings is 1. The quantitative estimate of drug-likeness (QED) is 0.273. The summed E-state index contributed by atoms with van der Waals surface area (Å²) in [6.07, 6.45) is 0.870. The number of aliphatic hydroxyl groups excluding tert-OH is 1. The number of pyridine rings is 1. The normalized spacial score (nSPS) is 12.6. The van der Waals surface area contributed by atoms with Crippen molar-refractivity contribution in [2.45, 2.75) is 32.5 Å². The first-order valence-electron chi connectivity index (χ1n) is 10.3. The van der Waals surface area contributed by atoms with Crippen molar-refractivity contribution in [2.75, 3.05) is 23.5 Å².